The molecule has 0 aliphatic carbocycles. The molecule has 2 aromatic heterocycles. The molecule has 0 fully saturated rings. The summed E-state index contributed by atoms with van der Waals surface area (Å²) >= 11 is 0. The first-order chi connectivity index (χ1) is 6.58. The van der Waals surface area contributed by atoms with Gasteiger partial charge in [-0.25, -0.2) is 14.3 Å². The van der Waals surface area contributed by atoms with Crippen LogP contribution in [0.15, 0.2) is 12.1 Å². The fraction of sp³-hybridized carbons (Fsp3) is 0.222. The van der Waals surface area contributed by atoms with Crippen LogP contribution in [0.3, 0.4) is 0 Å². The number of nitrogens with zero attached hydrogens (tertiary/aromatic N) is 3. The highest BCUT2D eigenvalue weighted by molar-refractivity contribution is 5.86. The summed E-state index contributed by atoms with van der Waals surface area (Å²) < 4.78 is 1.34. The average Bonchev–Trinajstić information content (AvgIpc) is 2.42. The van der Waals surface area contributed by atoms with Crippen molar-refractivity contribution in [3.8, 4) is 0 Å². The predicted molar refractivity (Wildman–Crippen MR) is 49.4 cm³/mol. The van der Waals surface area contributed by atoms with E-state index in [4.69, 9.17) is 5.11 Å². The minimum Gasteiger partial charge on any atom is -0.477 e. The van der Waals surface area contributed by atoms with Crippen LogP contribution in [0.5, 0.6) is 0 Å². The Balaban J connectivity index is 2.85. The zero-order chi connectivity index (χ0) is 10.3. The van der Waals surface area contributed by atoms with Crippen LogP contribution in [0.2, 0.25) is 0 Å². The van der Waals surface area contributed by atoms with Crippen molar-refractivity contribution < 1.29 is 9.90 Å². The summed E-state index contributed by atoms with van der Waals surface area (Å²) in [5.74, 6) is -0.997. The lowest BCUT2D eigenvalue weighted by molar-refractivity contribution is 0.0687. The van der Waals surface area contributed by atoms with E-state index in [1.54, 1.807) is 19.9 Å². The van der Waals surface area contributed by atoms with E-state index in [1.807, 2.05) is 0 Å². The van der Waals surface area contributed by atoms with Gasteiger partial charge in [0.05, 0.1) is 5.69 Å². The van der Waals surface area contributed by atoms with Gasteiger partial charge in [0, 0.05) is 11.8 Å². The van der Waals surface area contributed by atoms with E-state index < -0.39 is 5.97 Å². The van der Waals surface area contributed by atoms with Crippen molar-refractivity contribution >= 4 is 11.6 Å². The van der Waals surface area contributed by atoms with Crippen LogP contribution in [-0.4, -0.2) is 25.7 Å². The fourth-order valence-corrected chi connectivity index (χ4v) is 1.37. The monoisotopic (exact) mass is 191 g/mol. The molecule has 0 aliphatic heterocycles. The third-order valence-electron chi connectivity index (χ3n) is 1.90. The molecule has 0 bridgehead atoms. The zero-order valence-electron chi connectivity index (χ0n) is 7.85. The lowest BCUT2D eigenvalue weighted by Crippen LogP contribution is -2.08. The van der Waals surface area contributed by atoms with E-state index in [-0.39, 0.29) is 5.69 Å². The average molecular weight is 191 g/mol. The SMILES string of the molecule is Cc1cc(C(=O)O)n2nc(C)cc2n1. The largest absolute Gasteiger partial charge is 0.477 e. The number of carboxylic acid groups (broad SMARTS) is 1. The molecule has 0 atom stereocenters. The number of aromatic nitrogens is 3. The van der Waals surface area contributed by atoms with E-state index in [2.05, 4.69) is 10.1 Å². The molecule has 2 aromatic rings. The molecule has 14 heavy (non-hydrogen) atoms. The normalized spacial score (nSPS) is 10.7. The van der Waals surface area contributed by atoms with E-state index in [0.717, 1.165) is 5.69 Å². The van der Waals surface area contributed by atoms with Crippen molar-refractivity contribution in [1.29, 1.82) is 0 Å². The number of hydrogen-bond donors (Lipinski definition) is 1. The number of fused-ring (bicyclic) bond motifs is 1. The van der Waals surface area contributed by atoms with E-state index in [1.165, 1.54) is 10.6 Å². The molecule has 0 amide bonds. The van der Waals surface area contributed by atoms with Crippen molar-refractivity contribution in [2.45, 2.75) is 13.8 Å². The first-order valence-corrected chi connectivity index (χ1v) is 4.15. The third kappa shape index (κ3) is 1.22. The van der Waals surface area contributed by atoms with Crippen molar-refractivity contribution in [2.24, 2.45) is 0 Å². The van der Waals surface area contributed by atoms with Gasteiger partial charge < -0.3 is 5.11 Å². The van der Waals surface area contributed by atoms with E-state index >= 15 is 0 Å². The lowest BCUT2D eigenvalue weighted by Gasteiger charge is -2.00. The molecule has 0 aliphatic rings. The van der Waals surface area contributed by atoms with Crippen molar-refractivity contribution in [2.75, 3.05) is 0 Å². The second-order valence-corrected chi connectivity index (χ2v) is 3.14. The third-order valence-corrected chi connectivity index (χ3v) is 1.90. The van der Waals surface area contributed by atoms with Crippen LogP contribution in [0.1, 0.15) is 21.9 Å². The van der Waals surface area contributed by atoms with Crippen molar-refractivity contribution in [3.63, 3.8) is 0 Å². The second-order valence-electron chi connectivity index (χ2n) is 3.14. The Morgan fingerprint density at radius 2 is 2.07 bits per heavy atom. The minimum atomic E-state index is -0.997. The number of carboxylic acids is 1. The number of carbonyl (C=O) groups is 1. The van der Waals surface area contributed by atoms with Gasteiger partial charge in [0.1, 0.15) is 0 Å². The van der Waals surface area contributed by atoms with Crippen LogP contribution in [0, 0.1) is 13.8 Å². The molecular formula is C9H9N3O2. The molecule has 0 aromatic carbocycles. The van der Waals surface area contributed by atoms with Gasteiger partial charge in [-0.3, -0.25) is 0 Å². The van der Waals surface area contributed by atoms with Crippen LogP contribution in [-0.2, 0) is 0 Å². The highest BCUT2D eigenvalue weighted by Gasteiger charge is 2.11. The summed E-state index contributed by atoms with van der Waals surface area (Å²) in [6.07, 6.45) is 0. The molecule has 5 heteroatoms. The summed E-state index contributed by atoms with van der Waals surface area (Å²) in [5.41, 5.74) is 2.14. The molecule has 0 spiro atoms. The maximum atomic E-state index is 10.9. The Kier molecular flexibility index (Phi) is 1.73. The summed E-state index contributed by atoms with van der Waals surface area (Å²) in [5, 5.41) is 13.0. The first-order valence-electron chi connectivity index (χ1n) is 4.15. The molecule has 5 nitrogen and oxygen atoms in total. The highest BCUT2D eigenvalue weighted by Crippen LogP contribution is 2.08. The first kappa shape index (κ1) is 8.68. The number of aromatic carboxylic acids is 1. The molecule has 72 valence electrons. The van der Waals surface area contributed by atoms with Crippen molar-refractivity contribution in [1.82, 2.24) is 14.6 Å². The van der Waals surface area contributed by atoms with Crippen LogP contribution >= 0.6 is 0 Å². The van der Waals surface area contributed by atoms with Crippen LogP contribution in [0.25, 0.3) is 5.65 Å². The van der Waals surface area contributed by atoms with Crippen LogP contribution < -0.4 is 0 Å². The maximum absolute atomic E-state index is 10.9. The summed E-state index contributed by atoms with van der Waals surface area (Å²) in [6, 6.07) is 3.25. The molecule has 2 heterocycles. The Morgan fingerprint density at radius 1 is 1.36 bits per heavy atom. The van der Waals surface area contributed by atoms with Gasteiger partial charge >= 0.3 is 5.97 Å². The van der Waals surface area contributed by atoms with Gasteiger partial charge in [-0.15, -0.1) is 0 Å². The second kappa shape index (κ2) is 2.80. The van der Waals surface area contributed by atoms with Crippen molar-refractivity contribution in [3.05, 3.63) is 29.2 Å². The zero-order valence-corrected chi connectivity index (χ0v) is 7.85. The molecule has 0 saturated carbocycles. The Bertz CT molecular complexity index is 516. The fourth-order valence-electron chi connectivity index (χ4n) is 1.37. The molecule has 2 rings (SSSR count). The smallest absolute Gasteiger partial charge is 0.354 e. The van der Waals surface area contributed by atoms with Gasteiger partial charge in [0.25, 0.3) is 0 Å². The van der Waals surface area contributed by atoms with E-state index in [0.29, 0.717) is 11.3 Å². The van der Waals surface area contributed by atoms with E-state index in [9.17, 15) is 4.79 Å². The summed E-state index contributed by atoms with van der Waals surface area (Å²) in [7, 11) is 0. The number of hydrogen-bond acceptors (Lipinski definition) is 3. The highest BCUT2D eigenvalue weighted by atomic mass is 16.4. The van der Waals surface area contributed by atoms with Gasteiger partial charge in [0.2, 0.25) is 0 Å². The lowest BCUT2D eigenvalue weighted by atomic mass is 10.3. The Labute approximate surface area is 80.0 Å². The molecule has 0 saturated heterocycles. The van der Waals surface area contributed by atoms with Gasteiger partial charge in [0.15, 0.2) is 11.3 Å². The molecule has 1 N–H and O–H groups in total. The van der Waals surface area contributed by atoms with Gasteiger partial charge in [-0.05, 0) is 19.9 Å². The molecule has 0 unspecified atom stereocenters. The van der Waals surface area contributed by atoms with Gasteiger partial charge in [-0.1, -0.05) is 0 Å². The molecular weight excluding hydrogens is 182 g/mol. The topological polar surface area (TPSA) is 67.5 Å². The standard InChI is InChI=1S/C9H9N3O2/c1-5-3-7(9(13)14)12-8(10-5)4-6(2)11-12/h3-4H,1-2H3,(H,13,14). The number of aryl methyl sites for hydroxylation is 2. The summed E-state index contributed by atoms with van der Waals surface area (Å²) in [6.45, 7) is 3.56. The van der Waals surface area contributed by atoms with Crippen LogP contribution in [0.4, 0.5) is 0 Å². The minimum absolute atomic E-state index is 0.139. The Morgan fingerprint density at radius 3 is 2.71 bits per heavy atom. The maximum Gasteiger partial charge on any atom is 0.354 e. The summed E-state index contributed by atoms with van der Waals surface area (Å²) in [4.78, 5) is 15.1. The Hall–Kier alpha value is -1.91. The quantitative estimate of drug-likeness (QED) is 0.731. The van der Waals surface area contributed by atoms with Gasteiger partial charge in [-0.2, -0.15) is 5.10 Å². The number of rotatable bonds is 1. The predicted octanol–water partition coefficient (Wildman–Crippen LogP) is 1.04. The molecule has 0 radical (unpaired) electrons.